The molecule has 0 atom stereocenters. The monoisotopic (exact) mass is 499 g/mol. The minimum absolute atomic E-state index is 0.468. The summed E-state index contributed by atoms with van der Waals surface area (Å²) in [5, 5.41) is 3.76. The number of hydrogen-bond donors (Lipinski definition) is 3. The molecule has 0 radical (unpaired) electrons. The van der Waals surface area contributed by atoms with Crippen LogP contribution in [-0.4, -0.2) is 37.0 Å². The molecule has 6 rings (SSSR count). The molecule has 9 nitrogen and oxygen atoms in total. The van der Waals surface area contributed by atoms with Crippen molar-refractivity contribution in [3.05, 3.63) is 96.4 Å². The van der Waals surface area contributed by atoms with Crippen molar-refractivity contribution in [1.82, 2.24) is 29.9 Å². The molecule has 0 fully saturated rings. The second-order valence-corrected chi connectivity index (χ2v) is 7.99. The summed E-state index contributed by atoms with van der Waals surface area (Å²) in [6, 6.07) is 19.5. The van der Waals surface area contributed by atoms with Gasteiger partial charge in [0.1, 0.15) is 30.3 Å². The summed E-state index contributed by atoms with van der Waals surface area (Å²) >= 11 is 5.72. The lowest BCUT2D eigenvalue weighted by atomic mass is 10.2. The van der Waals surface area contributed by atoms with Gasteiger partial charge in [-0.05, 0) is 29.8 Å². The molecule has 0 amide bonds. The zero-order chi connectivity index (χ0) is 24.7. The van der Waals surface area contributed by atoms with Crippen LogP contribution in [0.15, 0.2) is 85.7 Å². The molecule has 0 saturated carbocycles. The lowest BCUT2D eigenvalue weighted by molar-refractivity contribution is 0.284. The van der Waals surface area contributed by atoms with Crippen molar-refractivity contribution in [3.63, 3.8) is 0 Å². The number of rotatable bonds is 6. The summed E-state index contributed by atoms with van der Waals surface area (Å²) in [6.45, 7) is 0.485. The van der Waals surface area contributed by atoms with E-state index in [4.69, 9.17) is 21.1 Å². The van der Waals surface area contributed by atoms with Crippen molar-refractivity contribution in [2.24, 2.45) is 0 Å². The molecule has 180 valence electrons. The second kappa shape index (κ2) is 10.7. The van der Waals surface area contributed by atoms with Crippen LogP contribution in [0.2, 0.25) is 5.15 Å². The fourth-order valence-corrected chi connectivity index (χ4v) is 3.74. The van der Waals surface area contributed by atoms with Crippen molar-refractivity contribution in [1.29, 1.82) is 0 Å². The minimum atomic E-state index is 0.468. The topological polar surface area (TPSA) is 114 Å². The maximum absolute atomic E-state index is 5.89. The fourth-order valence-electron chi connectivity index (χ4n) is 3.54. The molecular weight excluding hydrogens is 478 g/mol. The summed E-state index contributed by atoms with van der Waals surface area (Å²) in [4.78, 5) is 22.4. The lowest BCUT2D eigenvalue weighted by Crippen LogP contribution is -1.99. The molecule has 0 aliphatic carbocycles. The van der Waals surface area contributed by atoms with E-state index in [-0.39, 0.29) is 0 Å². The number of ether oxygens (including phenoxy) is 2. The van der Waals surface area contributed by atoms with Crippen molar-refractivity contribution >= 4 is 45.2 Å². The zero-order valence-electron chi connectivity index (χ0n) is 19.3. The van der Waals surface area contributed by atoms with Crippen LogP contribution in [0.3, 0.4) is 0 Å². The molecule has 4 aromatic heterocycles. The summed E-state index contributed by atoms with van der Waals surface area (Å²) in [5.41, 5.74) is 5.31. The normalized spacial score (nSPS) is 10.6. The van der Waals surface area contributed by atoms with E-state index in [1.165, 1.54) is 12.7 Å². The standard InChI is InChI=1S/C20H18N4O2.C6H4ClN3/c1-25-18-11-15(24-20-19-16(9-10-21-19)22-13-23-20)7-8-17(18)26-12-14-5-3-2-4-6-14;7-6-5-4(1-2-8-5)9-3-10-6/h2-11,13,21H,12H2,1H3,(H,22,23,24);1-3,8H. The van der Waals surface area contributed by atoms with Crippen LogP contribution in [0.5, 0.6) is 11.5 Å². The number of methoxy groups -OCH3 is 1. The van der Waals surface area contributed by atoms with Crippen LogP contribution in [0, 0.1) is 0 Å². The van der Waals surface area contributed by atoms with Gasteiger partial charge in [-0.25, -0.2) is 19.9 Å². The zero-order valence-corrected chi connectivity index (χ0v) is 20.0. The second-order valence-electron chi connectivity index (χ2n) is 7.63. The van der Waals surface area contributed by atoms with E-state index in [0.29, 0.717) is 29.1 Å². The number of benzene rings is 2. The lowest BCUT2D eigenvalue weighted by Gasteiger charge is -2.13. The maximum Gasteiger partial charge on any atom is 0.162 e. The van der Waals surface area contributed by atoms with Crippen molar-refractivity contribution in [2.45, 2.75) is 6.61 Å². The first-order valence-electron chi connectivity index (χ1n) is 11.0. The predicted molar refractivity (Wildman–Crippen MR) is 140 cm³/mol. The van der Waals surface area contributed by atoms with Crippen LogP contribution in [0.25, 0.3) is 22.1 Å². The van der Waals surface area contributed by atoms with Gasteiger partial charge < -0.3 is 24.8 Å². The van der Waals surface area contributed by atoms with E-state index in [2.05, 4.69) is 35.2 Å². The Hall–Kier alpha value is -4.63. The van der Waals surface area contributed by atoms with Crippen molar-refractivity contribution in [3.8, 4) is 11.5 Å². The minimum Gasteiger partial charge on any atom is -0.493 e. The van der Waals surface area contributed by atoms with Gasteiger partial charge in [0.25, 0.3) is 0 Å². The number of anilines is 2. The smallest absolute Gasteiger partial charge is 0.162 e. The predicted octanol–water partition coefficient (Wildman–Crippen LogP) is 5.90. The average molecular weight is 500 g/mol. The summed E-state index contributed by atoms with van der Waals surface area (Å²) in [7, 11) is 1.63. The summed E-state index contributed by atoms with van der Waals surface area (Å²) in [6.07, 6.45) is 6.60. The Balaban J connectivity index is 0.000000222. The van der Waals surface area contributed by atoms with E-state index >= 15 is 0 Å². The largest absolute Gasteiger partial charge is 0.493 e. The number of H-pyrrole nitrogens is 2. The van der Waals surface area contributed by atoms with Gasteiger partial charge in [-0.3, -0.25) is 0 Å². The number of aromatic amines is 2. The van der Waals surface area contributed by atoms with Gasteiger partial charge in [0.15, 0.2) is 22.5 Å². The summed E-state index contributed by atoms with van der Waals surface area (Å²) in [5.74, 6) is 2.05. The highest BCUT2D eigenvalue weighted by molar-refractivity contribution is 6.33. The number of halogens is 1. The Morgan fingerprint density at radius 3 is 2.28 bits per heavy atom. The maximum atomic E-state index is 5.89. The fraction of sp³-hybridized carbons (Fsp3) is 0.0769. The van der Waals surface area contributed by atoms with Gasteiger partial charge in [0.2, 0.25) is 0 Å². The third-order valence-electron chi connectivity index (χ3n) is 5.31. The van der Waals surface area contributed by atoms with E-state index < -0.39 is 0 Å². The van der Waals surface area contributed by atoms with Gasteiger partial charge in [-0.15, -0.1) is 0 Å². The molecule has 2 aromatic carbocycles. The number of fused-ring (bicyclic) bond motifs is 2. The number of nitrogens with zero attached hydrogens (tertiary/aromatic N) is 4. The van der Waals surface area contributed by atoms with E-state index in [1.807, 2.05) is 66.9 Å². The Labute approximate surface area is 211 Å². The quantitative estimate of drug-likeness (QED) is 0.244. The molecule has 0 unspecified atom stereocenters. The Morgan fingerprint density at radius 2 is 1.53 bits per heavy atom. The molecule has 10 heteroatoms. The molecule has 0 saturated heterocycles. The van der Waals surface area contributed by atoms with Crippen LogP contribution in [-0.2, 0) is 6.61 Å². The molecule has 0 aliphatic heterocycles. The highest BCUT2D eigenvalue weighted by atomic mass is 35.5. The molecular formula is C26H22ClN7O2. The van der Waals surface area contributed by atoms with Crippen LogP contribution in [0.4, 0.5) is 11.5 Å². The molecule has 0 bridgehead atoms. The summed E-state index contributed by atoms with van der Waals surface area (Å²) < 4.78 is 11.4. The van der Waals surface area contributed by atoms with E-state index in [1.54, 1.807) is 13.3 Å². The van der Waals surface area contributed by atoms with Crippen LogP contribution in [0.1, 0.15) is 5.56 Å². The highest BCUT2D eigenvalue weighted by Gasteiger charge is 2.09. The molecule has 0 spiro atoms. The number of aromatic nitrogens is 6. The molecule has 3 N–H and O–H groups in total. The van der Waals surface area contributed by atoms with Gasteiger partial charge in [-0.2, -0.15) is 0 Å². The first-order chi connectivity index (χ1) is 17.7. The Morgan fingerprint density at radius 1 is 0.806 bits per heavy atom. The van der Waals surface area contributed by atoms with Crippen molar-refractivity contribution in [2.75, 3.05) is 12.4 Å². The molecule has 0 aliphatic rings. The number of nitrogens with one attached hydrogen (secondary N) is 3. The van der Waals surface area contributed by atoms with Gasteiger partial charge in [-0.1, -0.05) is 41.9 Å². The van der Waals surface area contributed by atoms with Gasteiger partial charge >= 0.3 is 0 Å². The first-order valence-corrected chi connectivity index (χ1v) is 11.4. The Bertz CT molecular complexity index is 1580. The third-order valence-corrected chi connectivity index (χ3v) is 5.59. The Kier molecular flexibility index (Phi) is 6.90. The first kappa shape index (κ1) is 23.1. The number of hydrogen-bond acceptors (Lipinski definition) is 7. The van der Waals surface area contributed by atoms with Gasteiger partial charge in [0, 0.05) is 24.1 Å². The van der Waals surface area contributed by atoms with Gasteiger partial charge in [0.05, 0.1) is 18.1 Å². The van der Waals surface area contributed by atoms with E-state index in [9.17, 15) is 0 Å². The van der Waals surface area contributed by atoms with Crippen LogP contribution < -0.4 is 14.8 Å². The SMILES string of the molecule is COc1cc(Nc2ncnc3cc[nH]c23)ccc1OCc1ccccc1.Clc1ncnc2cc[nH]c12. The molecule has 4 heterocycles. The molecule has 6 aromatic rings. The van der Waals surface area contributed by atoms with Crippen molar-refractivity contribution < 1.29 is 9.47 Å². The third kappa shape index (κ3) is 5.21. The van der Waals surface area contributed by atoms with Crippen LogP contribution >= 0.6 is 11.6 Å². The van der Waals surface area contributed by atoms with E-state index in [0.717, 1.165) is 33.3 Å². The highest BCUT2D eigenvalue weighted by Crippen LogP contribution is 2.32. The average Bonchev–Trinajstić information content (AvgIpc) is 3.60. The molecule has 36 heavy (non-hydrogen) atoms.